The van der Waals surface area contributed by atoms with Crippen molar-refractivity contribution in [2.75, 3.05) is 9.80 Å². The molecule has 1 aromatic heterocycles. The second kappa shape index (κ2) is 12.9. The fraction of sp³-hybridized carbons (Fsp3) is 0.304. The lowest BCUT2D eigenvalue weighted by atomic mass is 9.85. The first-order chi connectivity index (χ1) is 23.1. The number of para-hydroxylation sites is 1. The zero-order chi connectivity index (χ0) is 35.1. The van der Waals surface area contributed by atoms with Crippen molar-refractivity contribution in [1.82, 2.24) is 0 Å². The first kappa shape index (κ1) is 34.1. The minimum Gasteiger partial charge on any atom is -0.464 e. The summed E-state index contributed by atoms with van der Waals surface area (Å²) in [5.41, 5.74) is 13.2. The van der Waals surface area contributed by atoms with Crippen LogP contribution in [0.2, 0.25) is 0 Å². The number of rotatable bonds is 7. The number of hydrogen-bond acceptors (Lipinski definition) is 3. The standard InChI is InChI=1S/C46H52N2O/c1-32-28-36(46(8,9)10)22-27-42(32)48(38-25-20-35(21-26-38)45(5,6)7)40-15-13-14-39(29-40)47(37-23-18-34(19-24-37)44(2,3)4)30-33-31-49-43-17-12-11-16-41(33)43/h11-29,31H,30H2,1-10H3. The molecule has 0 unspecified atom stereocenters. The monoisotopic (exact) mass is 648 g/mol. The maximum absolute atomic E-state index is 6.01. The Bertz CT molecular complexity index is 2050. The predicted octanol–water partition coefficient (Wildman–Crippen LogP) is 13.4. The highest BCUT2D eigenvalue weighted by molar-refractivity contribution is 5.83. The van der Waals surface area contributed by atoms with Gasteiger partial charge in [-0.1, -0.05) is 123 Å². The highest BCUT2D eigenvalue weighted by Gasteiger charge is 2.22. The summed E-state index contributed by atoms with van der Waals surface area (Å²) in [7, 11) is 0. The maximum atomic E-state index is 6.01. The Kier molecular flexibility index (Phi) is 9.00. The van der Waals surface area contributed by atoms with E-state index in [1.54, 1.807) is 0 Å². The molecule has 0 amide bonds. The van der Waals surface area contributed by atoms with E-state index in [2.05, 4.69) is 182 Å². The van der Waals surface area contributed by atoms with E-state index in [9.17, 15) is 0 Å². The van der Waals surface area contributed by atoms with E-state index in [-0.39, 0.29) is 16.2 Å². The summed E-state index contributed by atoms with van der Waals surface area (Å²) in [4.78, 5) is 4.81. The zero-order valence-electron chi connectivity index (χ0n) is 31.1. The molecule has 0 aliphatic heterocycles. The number of anilines is 5. The molecule has 0 saturated carbocycles. The van der Waals surface area contributed by atoms with Gasteiger partial charge in [-0.25, -0.2) is 0 Å². The Balaban J connectivity index is 1.49. The quantitative estimate of drug-likeness (QED) is 0.172. The van der Waals surface area contributed by atoms with Crippen molar-refractivity contribution in [2.24, 2.45) is 0 Å². The molecular formula is C46H52N2O. The average Bonchev–Trinajstić information content (AvgIpc) is 3.46. The van der Waals surface area contributed by atoms with E-state index in [4.69, 9.17) is 4.42 Å². The molecule has 5 aromatic carbocycles. The molecule has 0 radical (unpaired) electrons. The molecule has 0 fully saturated rings. The van der Waals surface area contributed by atoms with Crippen molar-refractivity contribution in [3.8, 4) is 0 Å². The van der Waals surface area contributed by atoms with Crippen molar-refractivity contribution in [3.05, 3.63) is 149 Å². The van der Waals surface area contributed by atoms with Gasteiger partial charge in [0.2, 0.25) is 0 Å². The fourth-order valence-electron chi connectivity index (χ4n) is 6.51. The third-order valence-electron chi connectivity index (χ3n) is 9.63. The molecule has 252 valence electrons. The second-order valence-electron chi connectivity index (χ2n) is 16.5. The predicted molar refractivity (Wildman–Crippen MR) is 210 cm³/mol. The molecular weight excluding hydrogens is 597 g/mol. The molecule has 1 heterocycles. The van der Waals surface area contributed by atoms with Gasteiger partial charge in [0, 0.05) is 39.4 Å². The molecule has 6 aromatic rings. The van der Waals surface area contributed by atoms with Gasteiger partial charge in [0.1, 0.15) is 5.58 Å². The van der Waals surface area contributed by atoms with E-state index >= 15 is 0 Å². The van der Waals surface area contributed by atoms with Crippen LogP contribution < -0.4 is 9.80 Å². The fourth-order valence-corrected chi connectivity index (χ4v) is 6.51. The third kappa shape index (κ3) is 7.32. The number of nitrogens with zero attached hydrogens (tertiary/aromatic N) is 2. The summed E-state index contributed by atoms with van der Waals surface area (Å²) >= 11 is 0. The van der Waals surface area contributed by atoms with E-state index in [1.807, 2.05) is 18.4 Å². The van der Waals surface area contributed by atoms with Crippen LogP contribution in [0, 0.1) is 6.92 Å². The summed E-state index contributed by atoms with van der Waals surface area (Å²) < 4.78 is 6.01. The molecule has 6 rings (SSSR count). The van der Waals surface area contributed by atoms with Gasteiger partial charge in [-0.2, -0.15) is 0 Å². The van der Waals surface area contributed by atoms with E-state index in [1.165, 1.54) is 27.9 Å². The van der Waals surface area contributed by atoms with Crippen LogP contribution in [-0.2, 0) is 22.8 Å². The van der Waals surface area contributed by atoms with Gasteiger partial charge in [-0.3, -0.25) is 0 Å². The van der Waals surface area contributed by atoms with Crippen LogP contribution in [0.15, 0.2) is 126 Å². The van der Waals surface area contributed by atoms with Crippen LogP contribution >= 0.6 is 0 Å². The summed E-state index contributed by atoms with van der Waals surface area (Å²) in [5.74, 6) is 0. The van der Waals surface area contributed by atoms with Crippen molar-refractivity contribution >= 4 is 39.4 Å². The largest absolute Gasteiger partial charge is 0.464 e. The molecule has 3 nitrogen and oxygen atoms in total. The van der Waals surface area contributed by atoms with Crippen LogP contribution in [0.1, 0.15) is 90.1 Å². The van der Waals surface area contributed by atoms with Gasteiger partial charge in [0.25, 0.3) is 0 Å². The van der Waals surface area contributed by atoms with Gasteiger partial charge in [0.15, 0.2) is 0 Å². The lowest BCUT2D eigenvalue weighted by molar-refractivity contribution is 0.589. The Morgan fingerprint density at radius 2 is 1.06 bits per heavy atom. The summed E-state index contributed by atoms with van der Waals surface area (Å²) in [5, 5.41) is 1.14. The van der Waals surface area contributed by atoms with Crippen molar-refractivity contribution < 1.29 is 4.42 Å². The normalized spacial score (nSPS) is 12.4. The Morgan fingerprint density at radius 3 is 1.65 bits per heavy atom. The Morgan fingerprint density at radius 1 is 0.510 bits per heavy atom. The molecule has 0 spiro atoms. The number of benzene rings is 5. The molecule has 0 saturated heterocycles. The van der Waals surface area contributed by atoms with Crippen molar-refractivity contribution in [1.29, 1.82) is 0 Å². The van der Waals surface area contributed by atoms with Gasteiger partial charge in [-0.05, 0) is 100 Å². The number of hydrogen-bond donors (Lipinski definition) is 0. The number of furan rings is 1. The molecule has 0 atom stereocenters. The second-order valence-corrected chi connectivity index (χ2v) is 16.5. The minimum atomic E-state index is 0.0721. The zero-order valence-corrected chi connectivity index (χ0v) is 31.1. The Hall–Kier alpha value is -4.76. The van der Waals surface area contributed by atoms with Crippen LogP contribution in [0.3, 0.4) is 0 Å². The van der Waals surface area contributed by atoms with Crippen molar-refractivity contribution in [3.63, 3.8) is 0 Å². The van der Waals surface area contributed by atoms with Gasteiger partial charge >= 0.3 is 0 Å². The molecule has 0 aliphatic carbocycles. The summed E-state index contributed by atoms with van der Waals surface area (Å²) in [6.45, 7) is 23.3. The number of aryl methyl sites for hydroxylation is 1. The van der Waals surface area contributed by atoms with Gasteiger partial charge in [-0.15, -0.1) is 0 Å². The third-order valence-corrected chi connectivity index (χ3v) is 9.63. The van der Waals surface area contributed by atoms with E-state index < -0.39 is 0 Å². The smallest absolute Gasteiger partial charge is 0.134 e. The summed E-state index contributed by atoms with van der Waals surface area (Å²) in [6.07, 6.45) is 1.91. The average molecular weight is 649 g/mol. The topological polar surface area (TPSA) is 19.6 Å². The first-order valence-corrected chi connectivity index (χ1v) is 17.5. The lowest BCUT2D eigenvalue weighted by Crippen LogP contribution is -2.18. The van der Waals surface area contributed by atoms with Gasteiger partial charge in [0.05, 0.1) is 12.8 Å². The van der Waals surface area contributed by atoms with Gasteiger partial charge < -0.3 is 14.2 Å². The highest BCUT2D eigenvalue weighted by Crippen LogP contribution is 2.41. The molecule has 49 heavy (non-hydrogen) atoms. The molecule has 0 aliphatic rings. The molecule has 0 bridgehead atoms. The lowest BCUT2D eigenvalue weighted by Gasteiger charge is -2.31. The first-order valence-electron chi connectivity index (χ1n) is 17.5. The Labute approximate surface area is 294 Å². The van der Waals surface area contributed by atoms with Crippen LogP contribution in [0.25, 0.3) is 11.0 Å². The SMILES string of the molecule is Cc1cc(C(C)(C)C)ccc1N(c1ccc(C(C)(C)C)cc1)c1cccc(N(Cc2coc3ccccc23)c2ccc(C(C)(C)C)cc2)c1. The van der Waals surface area contributed by atoms with Crippen LogP contribution in [-0.4, -0.2) is 0 Å². The van der Waals surface area contributed by atoms with Crippen LogP contribution in [0.4, 0.5) is 28.4 Å². The maximum Gasteiger partial charge on any atom is 0.134 e. The molecule has 3 heteroatoms. The highest BCUT2D eigenvalue weighted by atomic mass is 16.3. The number of fused-ring (bicyclic) bond motifs is 1. The summed E-state index contributed by atoms with van der Waals surface area (Å²) in [6, 6.07) is 42.3. The van der Waals surface area contributed by atoms with Crippen LogP contribution in [0.5, 0.6) is 0 Å². The van der Waals surface area contributed by atoms with E-state index in [0.717, 1.165) is 39.3 Å². The minimum absolute atomic E-state index is 0.0721. The molecule has 0 N–H and O–H groups in total. The van der Waals surface area contributed by atoms with Crippen molar-refractivity contribution in [2.45, 2.75) is 92.0 Å². The van der Waals surface area contributed by atoms with E-state index in [0.29, 0.717) is 6.54 Å².